The fraction of sp³-hybridized carbons (Fsp3) is 0.600. The second-order valence-corrected chi connectivity index (χ2v) is 4.64. The van der Waals surface area contributed by atoms with E-state index in [2.05, 4.69) is 12.2 Å². The largest absolute Gasteiger partial charge is 0.494 e. The van der Waals surface area contributed by atoms with E-state index in [0.29, 0.717) is 18.3 Å². The Hall–Kier alpha value is -1.13. The number of nitrogens with one attached hydrogen (secondary N) is 1. The minimum absolute atomic E-state index is 0.290. The smallest absolute Gasteiger partial charge is 0.165 e. The van der Waals surface area contributed by atoms with Gasteiger partial charge >= 0.3 is 0 Å². The molecule has 0 fully saturated rings. The van der Waals surface area contributed by atoms with Gasteiger partial charge in [0.15, 0.2) is 11.6 Å². The van der Waals surface area contributed by atoms with Gasteiger partial charge in [-0.1, -0.05) is 19.4 Å². The molecule has 108 valence electrons. The van der Waals surface area contributed by atoms with E-state index in [1.54, 1.807) is 19.2 Å². The molecule has 0 aromatic heterocycles. The molecule has 1 rings (SSSR count). The molecule has 1 N–H and O–H groups in total. The zero-order valence-corrected chi connectivity index (χ0v) is 12.0. The average Bonchev–Trinajstić information content (AvgIpc) is 2.42. The van der Waals surface area contributed by atoms with Crippen molar-refractivity contribution in [2.24, 2.45) is 5.92 Å². The second kappa shape index (κ2) is 8.88. The lowest BCUT2D eigenvalue weighted by atomic mass is 9.96. The van der Waals surface area contributed by atoms with Crippen LogP contribution in [0.4, 0.5) is 4.39 Å². The summed E-state index contributed by atoms with van der Waals surface area (Å²) in [5.41, 5.74) is 1.01. The summed E-state index contributed by atoms with van der Waals surface area (Å²) in [6, 6.07) is 5.19. The zero-order valence-electron chi connectivity index (χ0n) is 12.0. The van der Waals surface area contributed by atoms with Crippen molar-refractivity contribution in [1.82, 2.24) is 5.32 Å². The van der Waals surface area contributed by atoms with Gasteiger partial charge in [0.2, 0.25) is 0 Å². The van der Waals surface area contributed by atoms with Crippen LogP contribution in [0.2, 0.25) is 0 Å². The van der Waals surface area contributed by atoms with E-state index in [-0.39, 0.29) is 5.82 Å². The van der Waals surface area contributed by atoms with Crippen LogP contribution >= 0.6 is 0 Å². The molecule has 0 bridgehead atoms. The molecule has 0 aliphatic heterocycles. The van der Waals surface area contributed by atoms with Crippen LogP contribution < -0.4 is 10.1 Å². The third-order valence-electron chi connectivity index (χ3n) is 3.23. The van der Waals surface area contributed by atoms with Crippen LogP contribution in [0.5, 0.6) is 5.75 Å². The molecule has 1 aromatic carbocycles. The number of ether oxygens (including phenoxy) is 2. The third kappa shape index (κ3) is 5.57. The Morgan fingerprint density at radius 1 is 1.32 bits per heavy atom. The summed E-state index contributed by atoms with van der Waals surface area (Å²) in [7, 11) is 3.17. The molecule has 0 aliphatic rings. The molecule has 0 saturated carbocycles. The molecule has 0 saturated heterocycles. The summed E-state index contributed by atoms with van der Waals surface area (Å²) in [5.74, 6) is 0.516. The van der Waals surface area contributed by atoms with E-state index in [4.69, 9.17) is 9.47 Å². The molecule has 1 atom stereocenters. The first-order valence-electron chi connectivity index (χ1n) is 6.73. The molecular weight excluding hydrogens is 245 g/mol. The fourth-order valence-electron chi connectivity index (χ4n) is 2.01. The fourth-order valence-corrected chi connectivity index (χ4v) is 2.01. The normalized spacial score (nSPS) is 12.4. The van der Waals surface area contributed by atoms with E-state index in [1.165, 1.54) is 7.11 Å². The highest BCUT2D eigenvalue weighted by Gasteiger charge is 2.09. The van der Waals surface area contributed by atoms with Crippen LogP contribution in [0.25, 0.3) is 0 Å². The quantitative estimate of drug-likeness (QED) is 0.699. The number of halogens is 1. The molecule has 19 heavy (non-hydrogen) atoms. The first-order valence-corrected chi connectivity index (χ1v) is 6.73. The van der Waals surface area contributed by atoms with Gasteiger partial charge in [0, 0.05) is 13.7 Å². The van der Waals surface area contributed by atoms with E-state index in [9.17, 15) is 4.39 Å². The molecule has 1 aromatic rings. The van der Waals surface area contributed by atoms with Crippen LogP contribution in [0.3, 0.4) is 0 Å². The van der Waals surface area contributed by atoms with Crippen LogP contribution in [0.1, 0.15) is 18.9 Å². The van der Waals surface area contributed by atoms with Gasteiger partial charge in [-0.3, -0.25) is 0 Å². The molecular formula is C15H24FNO2. The number of rotatable bonds is 9. The van der Waals surface area contributed by atoms with E-state index in [1.807, 2.05) is 6.07 Å². The average molecular weight is 269 g/mol. The highest BCUT2D eigenvalue weighted by Crippen LogP contribution is 2.20. The summed E-state index contributed by atoms with van der Waals surface area (Å²) >= 11 is 0. The van der Waals surface area contributed by atoms with Crippen molar-refractivity contribution >= 4 is 0 Å². The summed E-state index contributed by atoms with van der Waals surface area (Å²) in [6.07, 6.45) is 1.94. The molecule has 0 spiro atoms. The SMILES string of the molecule is CCC(CNCCOC)Cc1ccc(OC)c(F)c1. The van der Waals surface area contributed by atoms with E-state index in [0.717, 1.165) is 31.5 Å². The predicted molar refractivity (Wildman–Crippen MR) is 75.2 cm³/mol. The van der Waals surface area contributed by atoms with Crippen molar-refractivity contribution in [2.75, 3.05) is 33.9 Å². The van der Waals surface area contributed by atoms with Crippen molar-refractivity contribution in [2.45, 2.75) is 19.8 Å². The molecule has 3 nitrogen and oxygen atoms in total. The van der Waals surface area contributed by atoms with Gasteiger partial charge in [0.05, 0.1) is 13.7 Å². The van der Waals surface area contributed by atoms with E-state index >= 15 is 0 Å². The molecule has 1 unspecified atom stereocenters. The van der Waals surface area contributed by atoms with Crippen LogP contribution in [-0.2, 0) is 11.2 Å². The minimum atomic E-state index is -0.290. The number of hydrogen-bond donors (Lipinski definition) is 1. The number of hydrogen-bond acceptors (Lipinski definition) is 3. The van der Waals surface area contributed by atoms with Gasteiger partial charge in [-0.15, -0.1) is 0 Å². The highest BCUT2D eigenvalue weighted by molar-refractivity contribution is 5.29. The topological polar surface area (TPSA) is 30.5 Å². The van der Waals surface area contributed by atoms with Crippen molar-refractivity contribution in [1.29, 1.82) is 0 Å². The molecule has 0 amide bonds. The monoisotopic (exact) mass is 269 g/mol. The second-order valence-electron chi connectivity index (χ2n) is 4.64. The minimum Gasteiger partial charge on any atom is -0.494 e. The Morgan fingerprint density at radius 3 is 2.68 bits per heavy atom. The maximum Gasteiger partial charge on any atom is 0.165 e. The van der Waals surface area contributed by atoms with Gasteiger partial charge < -0.3 is 14.8 Å². The first kappa shape index (κ1) is 15.9. The maximum absolute atomic E-state index is 13.6. The number of benzene rings is 1. The van der Waals surface area contributed by atoms with Crippen LogP contribution in [-0.4, -0.2) is 33.9 Å². The highest BCUT2D eigenvalue weighted by atomic mass is 19.1. The summed E-state index contributed by atoms with van der Waals surface area (Å²) < 4.78 is 23.5. The van der Waals surface area contributed by atoms with Crippen molar-refractivity contribution in [3.05, 3.63) is 29.6 Å². The Kier molecular flexibility index (Phi) is 7.45. The zero-order chi connectivity index (χ0) is 14.1. The van der Waals surface area contributed by atoms with Crippen LogP contribution in [0, 0.1) is 11.7 Å². The lowest BCUT2D eigenvalue weighted by molar-refractivity contribution is 0.197. The lowest BCUT2D eigenvalue weighted by Crippen LogP contribution is -2.27. The van der Waals surface area contributed by atoms with Gasteiger partial charge in [-0.2, -0.15) is 0 Å². The van der Waals surface area contributed by atoms with Gasteiger partial charge in [-0.25, -0.2) is 4.39 Å². The van der Waals surface area contributed by atoms with E-state index < -0.39 is 0 Å². The maximum atomic E-state index is 13.6. The molecule has 0 radical (unpaired) electrons. The summed E-state index contributed by atoms with van der Waals surface area (Å²) in [5, 5.41) is 3.35. The first-order chi connectivity index (χ1) is 9.21. The van der Waals surface area contributed by atoms with Gasteiger partial charge in [-0.05, 0) is 36.6 Å². The van der Waals surface area contributed by atoms with Gasteiger partial charge in [0.1, 0.15) is 0 Å². The number of methoxy groups -OCH3 is 2. The van der Waals surface area contributed by atoms with Crippen molar-refractivity contribution in [3.8, 4) is 5.75 Å². The van der Waals surface area contributed by atoms with Crippen molar-refractivity contribution in [3.63, 3.8) is 0 Å². The molecule has 0 aliphatic carbocycles. The Labute approximate surface area is 115 Å². The Morgan fingerprint density at radius 2 is 2.11 bits per heavy atom. The Bertz CT molecular complexity index is 371. The van der Waals surface area contributed by atoms with Crippen LogP contribution in [0.15, 0.2) is 18.2 Å². The summed E-state index contributed by atoms with van der Waals surface area (Å²) in [6.45, 7) is 4.65. The standard InChI is InChI=1S/C15H24FNO2/c1-4-12(11-17-7-8-18-2)9-13-5-6-15(19-3)14(16)10-13/h5-6,10,12,17H,4,7-9,11H2,1-3H3. The molecule has 0 heterocycles. The summed E-state index contributed by atoms with van der Waals surface area (Å²) in [4.78, 5) is 0. The lowest BCUT2D eigenvalue weighted by Gasteiger charge is -2.16. The third-order valence-corrected chi connectivity index (χ3v) is 3.23. The predicted octanol–water partition coefficient (Wildman–Crippen LogP) is 2.64. The Balaban J connectivity index is 2.48. The van der Waals surface area contributed by atoms with Gasteiger partial charge in [0.25, 0.3) is 0 Å². The van der Waals surface area contributed by atoms with Crippen molar-refractivity contribution < 1.29 is 13.9 Å². The molecule has 4 heteroatoms.